The van der Waals surface area contributed by atoms with Crippen molar-refractivity contribution in [2.45, 2.75) is 0 Å². The van der Waals surface area contributed by atoms with Gasteiger partial charge in [0.05, 0.1) is 0 Å². The van der Waals surface area contributed by atoms with Crippen molar-refractivity contribution in [2.24, 2.45) is 0 Å². The Kier molecular flexibility index (Phi) is 7.75. The summed E-state index contributed by atoms with van der Waals surface area (Å²) in [4.78, 5) is 2.39. The Morgan fingerprint density at radius 3 is 1.76 bits per heavy atom. The first kappa shape index (κ1) is 33.7. The number of hydrogen-bond acceptors (Lipinski definition) is 3. The molecule has 12 aromatic rings. The van der Waals surface area contributed by atoms with Gasteiger partial charge in [0.1, 0.15) is 11.2 Å². The molecule has 0 atom stereocenters. The van der Waals surface area contributed by atoms with E-state index in [2.05, 4.69) is 217 Å². The lowest BCUT2D eigenvalue weighted by Crippen LogP contribution is -2.10. The summed E-state index contributed by atoms with van der Waals surface area (Å²) < 4.78 is 9.25. The molecule has 10 aromatic carbocycles. The molecule has 3 heteroatoms. The van der Waals surface area contributed by atoms with Crippen LogP contribution in [0.2, 0.25) is 0 Å². The third kappa shape index (κ3) is 5.55. The van der Waals surface area contributed by atoms with Crippen molar-refractivity contribution in [1.82, 2.24) is 0 Å². The van der Waals surface area contributed by atoms with Gasteiger partial charge in [-0.15, -0.1) is 11.3 Å². The van der Waals surface area contributed by atoms with Crippen molar-refractivity contribution in [3.05, 3.63) is 212 Å². The number of thiophene rings is 1. The van der Waals surface area contributed by atoms with Gasteiger partial charge in [-0.1, -0.05) is 158 Å². The van der Waals surface area contributed by atoms with Gasteiger partial charge in [-0.2, -0.15) is 0 Å². The molecule has 0 saturated heterocycles. The first-order valence-corrected chi connectivity index (χ1v) is 20.9. The quantitative estimate of drug-likeness (QED) is 0.167. The highest BCUT2D eigenvalue weighted by Gasteiger charge is 2.19. The van der Waals surface area contributed by atoms with Gasteiger partial charge < -0.3 is 9.32 Å². The van der Waals surface area contributed by atoms with Crippen molar-refractivity contribution >= 4 is 92.1 Å². The first-order valence-electron chi connectivity index (χ1n) is 20.1. The smallest absolute Gasteiger partial charge is 0.143 e. The summed E-state index contributed by atoms with van der Waals surface area (Å²) in [6, 6.07) is 76.9. The summed E-state index contributed by atoms with van der Waals surface area (Å²) in [6.07, 6.45) is 0. The number of nitrogens with zero attached hydrogens (tertiary/aromatic N) is 1. The Morgan fingerprint density at radius 1 is 0.356 bits per heavy atom. The molecule has 2 heterocycles. The lowest BCUT2D eigenvalue weighted by Gasteiger charge is -2.27. The van der Waals surface area contributed by atoms with Crippen LogP contribution in [-0.2, 0) is 0 Å². The largest absolute Gasteiger partial charge is 0.455 e. The van der Waals surface area contributed by atoms with Gasteiger partial charge >= 0.3 is 0 Å². The number of fused-ring (bicyclic) bond motifs is 9. The summed E-state index contributed by atoms with van der Waals surface area (Å²) in [5.74, 6) is 0. The molecule has 2 aromatic heterocycles. The topological polar surface area (TPSA) is 16.4 Å². The molecule has 12 rings (SSSR count). The maximum Gasteiger partial charge on any atom is 0.143 e. The SMILES string of the molecule is c1cc(-c2cccc3ccccc23)cc(N(c2ccc(-c3cccc4c3sc3ccccc34)cc2)c2cccc(-c3cccc4oc5c6ccccc6ccc5c34)c2)c1. The minimum Gasteiger partial charge on any atom is -0.455 e. The molecule has 0 aliphatic heterocycles. The molecule has 0 spiro atoms. The predicted octanol–water partition coefficient (Wildman–Crippen LogP) is 16.7. The summed E-state index contributed by atoms with van der Waals surface area (Å²) in [5, 5.41) is 9.67. The molecule has 59 heavy (non-hydrogen) atoms. The molecule has 0 fully saturated rings. The van der Waals surface area contributed by atoms with Crippen molar-refractivity contribution in [3.63, 3.8) is 0 Å². The van der Waals surface area contributed by atoms with Crippen molar-refractivity contribution in [2.75, 3.05) is 4.90 Å². The van der Waals surface area contributed by atoms with Crippen LogP contribution in [0.4, 0.5) is 17.1 Å². The van der Waals surface area contributed by atoms with Crippen LogP contribution in [-0.4, -0.2) is 0 Å². The fourth-order valence-corrected chi connectivity index (χ4v) is 10.3. The van der Waals surface area contributed by atoms with Crippen molar-refractivity contribution in [3.8, 4) is 33.4 Å². The lowest BCUT2D eigenvalue weighted by molar-refractivity contribution is 0.673. The van der Waals surface area contributed by atoms with Crippen molar-refractivity contribution < 1.29 is 4.42 Å². The van der Waals surface area contributed by atoms with E-state index in [9.17, 15) is 0 Å². The van der Waals surface area contributed by atoms with Crippen LogP contribution in [0.1, 0.15) is 0 Å². The molecule has 2 nitrogen and oxygen atoms in total. The van der Waals surface area contributed by atoms with Gasteiger partial charge in [0.25, 0.3) is 0 Å². The molecule has 0 unspecified atom stereocenters. The average molecular weight is 770 g/mol. The normalized spacial score (nSPS) is 11.7. The van der Waals surface area contributed by atoms with Gasteiger partial charge in [0.2, 0.25) is 0 Å². The third-order valence-electron chi connectivity index (χ3n) is 11.8. The Bertz CT molecular complexity index is 3570. The minimum atomic E-state index is 0.892. The summed E-state index contributed by atoms with van der Waals surface area (Å²) in [6.45, 7) is 0. The van der Waals surface area contributed by atoms with Crippen LogP contribution in [0.15, 0.2) is 217 Å². The first-order chi connectivity index (χ1) is 29.2. The van der Waals surface area contributed by atoms with E-state index in [1.807, 2.05) is 11.3 Å². The van der Waals surface area contributed by atoms with E-state index in [0.29, 0.717) is 0 Å². The van der Waals surface area contributed by atoms with Crippen LogP contribution in [0.3, 0.4) is 0 Å². The Hall–Kier alpha value is -7.46. The highest BCUT2D eigenvalue weighted by molar-refractivity contribution is 7.26. The maximum absolute atomic E-state index is 6.61. The molecule has 0 aliphatic rings. The highest BCUT2D eigenvalue weighted by atomic mass is 32.1. The van der Waals surface area contributed by atoms with Crippen LogP contribution in [0.5, 0.6) is 0 Å². The number of rotatable bonds is 6. The highest BCUT2D eigenvalue weighted by Crippen LogP contribution is 2.44. The van der Waals surface area contributed by atoms with E-state index in [0.717, 1.165) is 55.5 Å². The zero-order chi connectivity index (χ0) is 38.9. The second-order valence-electron chi connectivity index (χ2n) is 15.2. The van der Waals surface area contributed by atoms with Crippen LogP contribution >= 0.6 is 11.3 Å². The van der Waals surface area contributed by atoms with E-state index in [-0.39, 0.29) is 0 Å². The van der Waals surface area contributed by atoms with E-state index in [1.165, 1.54) is 58.6 Å². The minimum absolute atomic E-state index is 0.892. The van der Waals surface area contributed by atoms with E-state index in [4.69, 9.17) is 4.42 Å². The summed E-state index contributed by atoms with van der Waals surface area (Å²) in [5.41, 5.74) is 12.2. The predicted molar refractivity (Wildman–Crippen MR) is 253 cm³/mol. The molecule has 0 saturated carbocycles. The number of hydrogen-bond donors (Lipinski definition) is 0. The van der Waals surface area contributed by atoms with Gasteiger partial charge in [0.15, 0.2) is 0 Å². The molecule has 0 N–H and O–H groups in total. The van der Waals surface area contributed by atoms with E-state index < -0.39 is 0 Å². The second-order valence-corrected chi connectivity index (χ2v) is 16.3. The van der Waals surface area contributed by atoms with Gasteiger partial charge in [-0.05, 0) is 104 Å². The Morgan fingerprint density at radius 2 is 0.949 bits per heavy atom. The van der Waals surface area contributed by atoms with E-state index >= 15 is 0 Å². The van der Waals surface area contributed by atoms with Crippen LogP contribution in [0, 0.1) is 0 Å². The fourth-order valence-electron chi connectivity index (χ4n) is 9.11. The number of furan rings is 1. The van der Waals surface area contributed by atoms with Gasteiger partial charge in [0, 0.05) is 53.4 Å². The van der Waals surface area contributed by atoms with Crippen LogP contribution < -0.4 is 4.90 Å². The number of anilines is 3. The molecule has 276 valence electrons. The Balaban J connectivity index is 1.02. The fraction of sp³-hybridized carbons (Fsp3) is 0. The average Bonchev–Trinajstić information content (AvgIpc) is 3.89. The lowest BCUT2D eigenvalue weighted by atomic mass is 9.96. The van der Waals surface area contributed by atoms with E-state index in [1.54, 1.807) is 0 Å². The summed E-state index contributed by atoms with van der Waals surface area (Å²) in [7, 11) is 0. The third-order valence-corrected chi connectivity index (χ3v) is 13.1. The van der Waals surface area contributed by atoms with Crippen molar-refractivity contribution in [1.29, 1.82) is 0 Å². The molecule has 0 bridgehead atoms. The molecular weight excluding hydrogens is 735 g/mol. The monoisotopic (exact) mass is 769 g/mol. The molecular formula is C56H35NOS. The molecule has 0 radical (unpaired) electrons. The second kappa shape index (κ2) is 13.6. The van der Waals surface area contributed by atoms with Gasteiger partial charge in [-0.3, -0.25) is 0 Å². The number of benzene rings is 10. The standard InChI is InChI=1S/C56H35NOS/c1-3-19-44-36(12-1)14-9-22-45(44)39-15-7-17-42(34-39)57(41-31-28-38(29-32-41)48-24-10-25-50-49-21-5-6-27-53(49)59-56(48)50)43-18-8-16-40(35-43)46-23-11-26-52-54(46)51-33-30-37-13-2-4-20-47(37)55(51)58-52/h1-35H. The van der Waals surface area contributed by atoms with Gasteiger partial charge in [-0.25, -0.2) is 0 Å². The molecule has 0 aliphatic carbocycles. The van der Waals surface area contributed by atoms with Crippen LogP contribution in [0.25, 0.3) is 97.0 Å². The zero-order valence-electron chi connectivity index (χ0n) is 32.0. The zero-order valence-corrected chi connectivity index (χ0v) is 32.8. The Labute approximate surface area is 345 Å². The maximum atomic E-state index is 6.61. The molecule has 0 amide bonds. The summed E-state index contributed by atoms with van der Waals surface area (Å²) >= 11 is 1.87.